The number of rotatable bonds is 2. The van der Waals surface area contributed by atoms with E-state index in [1.54, 1.807) is 0 Å². The zero-order valence-electron chi connectivity index (χ0n) is 10.5. The lowest BCUT2D eigenvalue weighted by Crippen LogP contribution is -2.53. The fourth-order valence-corrected chi connectivity index (χ4v) is 3.62. The first kappa shape index (κ1) is 11.5. The van der Waals surface area contributed by atoms with Gasteiger partial charge in [-0.1, -0.05) is 6.42 Å². The van der Waals surface area contributed by atoms with Gasteiger partial charge in [-0.05, 0) is 32.2 Å². The zero-order chi connectivity index (χ0) is 11.7. The van der Waals surface area contributed by atoms with Gasteiger partial charge in [-0.25, -0.2) is 0 Å². The topological polar surface area (TPSA) is 44.4 Å². The van der Waals surface area contributed by atoms with Crippen molar-refractivity contribution in [1.29, 1.82) is 0 Å². The van der Waals surface area contributed by atoms with Crippen molar-refractivity contribution in [2.75, 3.05) is 19.6 Å². The highest BCUT2D eigenvalue weighted by molar-refractivity contribution is 5.76. The minimum atomic E-state index is 0.216. The van der Waals surface area contributed by atoms with E-state index in [0.717, 1.165) is 19.0 Å². The number of hydrogen-bond acceptors (Lipinski definition) is 3. The van der Waals surface area contributed by atoms with Gasteiger partial charge in [0.2, 0.25) is 5.91 Å². The van der Waals surface area contributed by atoms with E-state index >= 15 is 0 Å². The van der Waals surface area contributed by atoms with Gasteiger partial charge in [0.15, 0.2) is 0 Å². The van der Waals surface area contributed by atoms with Crippen LogP contribution in [0.2, 0.25) is 0 Å². The number of carbonyl (C=O) groups excluding carboxylic acids is 1. The van der Waals surface area contributed by atoms with E-state index in [9.17, 15) is 4.79 Å². The highest BCUT2D eigenvalue weighted by Gasteiger charge is 2.36. The fraction of sp³-hybridized carbons (Fsp3) is 0.923. The minimum absolute atomic E-state index is 0.216. The molecule has 1 amide bonds. The minimum Gasteiger partial charge on any atom is -0.355 e. The van der Waals surface area contributed by atoms with Crippen molar-refractivity contribution in [3.8, 4) is 0 Å². The van der Waals surface area contributed by atoms with Crippen molar-refractivity contribution in [2.45, 2.75) is 56.7 Å². The monoisotopic (exact) mass is 237 g/mol. The van der Waals surface area contributed by atoms with Gasteiger partial charge in [-0.15, -0.1) is 0 Å². The van der Waals surface area contributed by atoms with Crippen molar-refractivity contribution in [1.82, 2.24) is 15.5 Å². The SMILES string of the molecule is O=C1CCC(NC2CCN3CCCCC23)CN1. The van der Waals surface area contributed by atoms with E-state index in [2.05, 4.69) is 15.5 Å². The van der Waals surface area contributed by atoms with Gasteiger partial charge in [0.25, 0.3) is 0 Å². The third-order valence-corrected chi connectivity index (χ3v) is 4.57. The second-order valence-corrected chi connectivity index (χ2v) is 5.70. The van der Waals surface area contributed by atoms with Crippen LogP contribution < -0.4 is 10.6 Å². The molecule has 4 heteroatoms. The summed E-state index contributed by atoms with van der Waals surface area (Å²) in [5.41, 5.74) is 0. The Morgan fingerprint density at radius 2 is 2.12 bits per heavy atom. The summed E-state index contributed by atoms with van der Waals surface area (Å²) < 4.78 is 0. The smallest absolute Gasteiger partial charge is 0.220 e. The van der Waals surface area contributed by atoms with Crippen molar-refractivity contribution in [2.24, 2.45) is 0 Å². The lowest BCUT2D eigenvalue weighted by atomic mass is 9.97. The van der Waals surface area contributed by atoms with Crippen LogP contribution in [-0.4, -0.2) is 48.6 Å². The van der Waals surface area contributed by atoms with Crippen LogP contribution in [0.15, 0.2) is 0 Å². The number of nitrogens with zero attached hydrogens (tertiary/aromatic N) is 1. The maximum absolute atomic E-state index is 11.1. The Labute approximate surface area is 103 Å². The molecule has 3 atom stereocenters. The Balaban J connectivity index is 1.53. The van der Waals surface area contributed by atoms with E-state index in [-0.39, 0.29) is 5.91 Å². The molecule has 0 aromatic rings. The van der Waals surface area contributed by atoms with Crippen LogP contribution in [0.25, 0.3) is 0 Å². The summed E-state index contributed by atoms with van der Waals surface area (Å²) in [6.07, 6.45) is 7.11. The maximum atomic E-state index is 11.1. The van der Waals surface area contributed by atoms with E-state index in [0.29, 0.717) is 18.5 Å². The van der Waals surface area contributed by atoms with Gasteiger partial charge >= 0.3 is 0 Å². The van der Waals surface area contributed by atoms with E-state index < -0.39 is 0 Å². The lowest BCUT2D eigenvalue weighted by Gasteiger charge is -2.35. The number of hydrogen-bond donors (Lipinski definition) is 2. The van der Waals surface area contributed by atoms with E-state index in [1.807, 2.05) is 0 Å². The van der Waals surface area contributed by atoms with Crippen LogP contribution in [0.5, 0.6) is 0 Å². The summed E-state index contributed by atoms with van der Waals surface area (Å²) in [5.74, 6) is 0.216. The van der Waals surface area contributed by atoms with Gasteiger partial charge in [-0.3, -0.25) is 9.69 Å². The number of piperidine rings is 2. The summed E-state index contributed by atoms with van der Waals surface area (Å²) in [6, 6.07) is 1.93. The molecule has 0 aromatic carbocycles. The number of nitrogens with one attached hydrogen (secondary N) is 2. The van der Waals surface area contributed by atoms with Gasteiger partial charge in [0.1, 0.15) is 0 Å². The molecule has 3 unspecified atom stereocenters. The van der Waals surface area contributed by atoms with Crippen LogP contribution in [-0.2, 0) is 4.79 Å². The van der Waals surface area contributed by atoms with Crippen molar-refractivity contribution in [3.05, 3.63) is 0 Å². The Hall–Kier alpha value is -0.610. The maximum Gasteiger partial charge on any atom is 0.220 e. The number of amides is 1. The van der Waals surface area contributed by atoms with E-state index in [4.69, 9.17) is 0 Å². The molecule has 0 spiro atoms. The third kappa shape index (κ3) is 2.47. The summed E-state index contributed by atoms with van der Waals surface area (Å²) in [7, 11) is 0. The highest BCUT2D eigenvalue weighted by Crippen LogP contribution is 2.27. The molecule has 3 fully saturated rings. The molecule has 3 rings (SSSR count). The quantitative estimate of drug-likeness (QED) is 0.734. The summed E-state index contributed by atoms with van der Waals surface area (Å²) >= 11 is 0. The van der Waals surface area contributed by atoms with Crippen LogP contribution in [0.1, 0.15) is 38.5 Å². The van der Waals surface area contributed by atoms with Crippen molar-refractivity contribution < 1.29 is 4.79 Å². The Kier molecular flexibility index (Phi) is 3.34. The molecule has 0 radical (unpaired) electrons. The first-order chi connectivity index (χ1) is 8.33. The van der Waals surface area contributed by atoms with Crippen LogP contribution in [0.3, 0.4) is 0 Å². The molecule has 3 heterocycles. The van der Waals surface area contributed by atoms with Crippen LogP contribution in [0, 0.1) is 0 Å². The Morgan fingerprint density at radius 1 is 1.18 bits per heavy atom. The molecule has 0 aliphatic carbocycles. The molecule has 3 aliphatic heterocycles. The number of carbonyl (C=O) groups is 1. The highest BCUT2D eigenvalue weighted by atomic mass is 16.1. The average Bonchev–Trinajstić information content (AvgIpc) is 2.76. The van der Waals surface area contributed by atoms with E-state index in [1.165, 1.54) is 38.8 Å². The normalized spacial score (nSPS) is 38.8. The first-order valence-electron chi connectivity index (χ1n) is 7.10. The second kappa shape index (κ2) is 4.94. The molecule has 96 valence electrons. The largest absolute Gasteiger partial charge is 0.355 e. The van der Waals surface area contributed by atoms with Gasteiger partial charge in [-0.2, -0.15) is 0 Å². The molecule has 4 nitrogen and oxygen atoms in total. The zero-order valence-corrected chi connectivity index (χ0v) is 10.5. The first-order valence-corrected chi connectivity index (χ1v) is 7.10. The molecule has 3 saturated heterocycles. The second-order valence-electron chi connectivity index (χ2n) is 5.70. The predicted octanol–water partition coefficient (Wildman–Crippen LogP) is 0.481. The average molecular weight is 237 g/mol. The van der Waals surface area contributed by atoms with Gasteiger partial charge in [0.05, 0.1) is 0 Å². The van der Waals surface area contributed by atoms with Crippen molar-refractivity contribution in [3.63, 3.8) is 0 Å². The molecule has 0 bridgehead atoms. The third-order valence-electron chi connectivity index (χ3n) is 4.57. The molecule has 3 aliphatic rings. The molecular weight excluding hydrogens is 214 g/mol. The molecule has 0 aromatic heterocycles. The predicted molar refractivity (Wildman–Crippen MR) is 66.8 cm³/mol. The molecule has 0 saturated carbocycles. The lowest BCUT2D eigenvalue weighted by molar-refractivity contribution is -0.122. The summed E-state index contributed by atoms with van der Waals surface area (Å²) in [6.45, 7) is 3.38. The summed E-state index contributed by atoms with van der Waals surface area (Å²) in [4.78, 5) is 13.8. The molecular formula is C13H23N3O. The van der Waals surface area contributed by atoms with Gasteiger partial charge < -0.3 is 10.6 Å². The Morgan fingerprint density at radius 3 is 2.94 bits per heavy atom. The van der Waals surface area contributed by atoms with Gasteiger partial charge in [0, 0.05) is 37.6 Å². The standard InChI is InChI=1S/C13H23N3O/c17-13-5-4-10(9-14-13)15-11-6-8-16-7-2-1-3-12(11)16/h10-12,15H,1-9H2,(H,14,17). The van der Waals surface area contributed by atoms with Crippen LogP contribution >= 0.6 is 0 Å². The van der Waals surface area contributed by atoms with Crippen molar-refractivity contribution >= 4 is 5.91 Å². The van der Waals surface area contributed by atoms with Crippen LogP contribution in [0.4, 0.5) is 0 Å². The summed E-state index contributed by atoms with van der Waals surface area (Å²) in [5, 5.41) is 6.74. The fourth-order valence-electron chi connectivity index (χ4n) is 3.62. The molecule has 17 heavy (non-hydrogen) atoms. The number of fused-ring (bicyclic) bond motifs is 1. The Bertz CT molecular complexity index is 284. The molecule has 2 N–H and O–H groups in total.